The van der Waals surface area contributed by atoms with Crippen LogP contribution in [0, 0.1) is 6.92 Å². The number of carbonyl (C=O) groups is 1. The lowest BCUT2D eigenvalue weighted by Crippen LogP contribution is -2.07. The van der Waals surface area contributed by atoms with Crippen molar-refractivity contribution in [1.29, 1.82) is 0 Å². The van der Waals surface area contributed by atoms with E-state index in [1.807, 2.05) is 0 Å². The molecule has 0 spiro atoms. The Morgan fingerprint density at radius 1 is 1.32 bits per heavy atom. The molecular weight excluding hydrogens is 325 g/mol. The van der Waals surface area contributed by atoms with Crippen LogP contribution in [0.1, 0.15) is 21.6 Å². The lowest BCUT2D eigenvalue weighted by Gasteiger charge is -2.05. The molecule has 0 atom stereocenters. The highest BCUT2D eigenvalue weighted by Crippen LogP contribution is 2.23. The molecule has 2 aromatic heterocycles. The van der Waals surface area contributed by atoms with Gasteiger partial charge in [0.2, 0.25) is 0 Å². The van der Waals surface area contributed by atoms with Gasteiger partial charge in [-0.25, -0.2) is 14.3 Å². The van der Waals surface area contributed by atoms with Crippen molar-refractivity contribution in [3.63, 3.8) is 0 Å². The van der Waals surface area contributed by atoms with E-state index in [9.17, 15) is 4.79 Å². The van der Waals surface area contributed by atoms with Gasteiger partial charge >= 0.3 is 5.97 Å². The predicted molar refractivity (Wildman–Crippen MR) is 83.3 cm³/mol. The molecule has 0 bridgehead atoms. The van der Waals surface area contributed by atoms with Crippen LogP contribution in [0.25, 0.3) is 5.65 Å². The fraction of sp³-hybridized carbons (Fsp3) is 0.133. The van der Waals surface area contributed by atoms with Crippen molar-refractivity contribution in [3.8, 4) is 0 Å². The second kappa shape index (κ2) is 5.94. The molecule has 112 valence electrons. The monoisotopic (exact) mass is 335 g/mol. The number of aryl methyl sites for hydroxylation is 1. The number of benzene rings is 1. The third-order valence-corrected chi connectivity index (χ3v) is 3.87. The van der Waals surface area contributed by atoms with Gasteiger partial charge in [-0.15, -0.1) is 0 Å². The Hall–Kier alpha value is -2.11. The van der Waals surface area contributed by atoms with E-state index < -0.39 is 5.97 Å². The highest BCUT2D eigenvalue weighted by atomic mass is 35.5. The average molecular weight is 336 g/mol. The number of esters is 1. The quantitative estimate of drug-likeness (QED) is 0.685. The molecule has 3 rings (SSSR count). The summed E-state index contributed by atoms with van der Waals surface area (Å²) in [6, 6.07) is 6.82. The maximum absolute atomic E-state index is 12.3. The van der Waals surface area contributed by atoms with Crippen LogP contribution in [0.5, 0.6) is 0 Å². The Morgan fingerprint density at radius 2 is 2.14 bits per heavy atom. The number of fused-ring (bicyclic) bond motifs is 1. The van der Waals surface area contributed by atoms with Crippen molar-refractivity contribution in [2.75, 3.05) is 0 Å². The molecule has 1 aromatic carbocycles. The van der Waals surface area contributed by atoms with Crippen LogP contribution >= 0.6 is 23.2 Å². The van der Waals surface area contributed by atoms with Gasteiger partial charge in [-0.1, -0.05) is 29.3 Å². The minimum Gasteiger partial charge on any atom is -0.457 e. The highest BCUT2D eigenvalue weighted by Gasteiger charge is 2.19. The molecule has 0 saturated heterocycles. The van der Waals surface area contributed by atoms with Crippen LogP contribution in [0.3, 0.4) is 0 Å². The predicted octanol–water partition coefficient (Wildman–Crippen LogP) is 3.70. The molecule has 0 saturated carbocycles. The Bertz CT molecular complexity index is 861. The molecule has 0 aliphatic heterocycles. The van der Waals surface area contributed by atoms with Gasteiger partial charge in [-0.2, -0.15) is 5.10 Å². The van der Waals surface area contributed by atoms with Gasteiger partial charge in [0.25, 0.3) is 0 Å². The Labute approximate surface area is 136 Å². The van der Waals surface area contributed by atoms with E-state index in [0.717, 1.165) is 5.56 Å². The summed E-state index contributed by atoms with van der Waals surface area (Å²) in [6.07, 6.45) is 3.33. The van der Waals surface area contributed by atoms with Crippen LogP contribution in [-0.2, 0) is 11.3 Å². The zero-order valence-electron chi connectivity index (χ0n) is 11.6. The molecular formula is C15H11Cl2N3O2. The number of hydrogen-bond donors (Lipinski definition) is 0. The lowest BCUT2D eigenvalue weighted by molar-refractivity contribution is 0.0474. The summed E-state index contributed by atoms with van der Waals surface area (Å²) in [6.45, 7) is 1.84. The Morgan fingerprint density at radius 3 is 2.91 bits per heavy atom. The van der Waals surface area contributed by atoms with Gasteiger partial charge in [-0.05, 0) is 30.7 Å². The largest absolute Gasteiger partial charge is 0.457 e. The van der Waals surface area contributed by atoms with Crippen molar-refractivity contribution < 1.29 is 9.53 Å². The number of aromatic nitrogens is 3. The third kappa shape index (κ3) is 2.77. The van der Waals surface area contributed by atoms with Gasteiger partial charge < -0.3 is 4.74 Å². The summed E-state index contributed by atoms with van der Waals surface area (Å²) < 4.78 is 6.87. The smallest absolute Gasteiger partial charge is 0.344 e. The van der Waals surface area contributed by atoms with Gasteiger partial charge in [0.15, 0.2) is 5.65 Å². The summed E-state index contributed by atoms with van der Waals surface area (Å²) in [7, 11) is 0. The van der Waals surface area contributed by atoms with E-state index in [1.54, 1.807) is 48.1 Å². The fourth-order valence-corrected chi connectivity index (χ4v) is 2.41. The minimum atomic E-state index is -0.475. The first kappa shape index (κ1) is 14.8. The summed E-state index contributed by atoms with van der Waals surface area (Å²) in [5.41, 5.74) is 2.16. The number of rotatable bonds is 3. The van der Waals surface area contributed by atoms with E-state index in [1.165, 1.54) is 0 Å². The number of hydrogen-bond acceptors (Lipinski definition) is 4. The SMILES string of the molecule is Cc1nn2cccnc2c1C(=O)OCc1ccc(Cl)c(Cl)c1. The Balaban J connectivity index is 1.81. The standard InChI is InChI=1S/C15H11Cl2N3O2/c1-9-13(14-18-5-2-6-20(14)19-9)15(21)22-8-10-3-4-11(16)12(17)7-10/h2-7H,8H2,1H3. The first-order chi connectivity index (χ1) is 10.6. The van der Waals surface area contributed by atoms with Gasteiger partial charge in [0, 0.05) is 12.4 Å². The zero-order valence-corrected chi connectivity index (χ0v) is 13.1. The summed E-state index contributed by atoms with van der Waals surface area (Å²) >= 11 is 11.8. The molecule has 0 aliphatic carbocycles. The molecule has 7 heteroatoms. The van der Waals surface area contributed by atoms with E-state index in [4.69, 9.17) is 27.9 Å². The molecule has 3 aromatic rings. The lowest BCUT2D eigenvalue weighted by atomic mass is 10.2. The second-order valence-corrected chi connectivity index (χ2v) is 5.49. The van der Waals surface area contributed by atoms with Gasteiger partial charge in [0.05, 0.1) is 15.7 Å². The zero-order chi connectivity index (χ0) is 15.7. The average Bonchev–Trinajstić information content (AvgIpc) is 2.84. The van der Waals surface area contributed by atoms with Crippen LogP contribution in [0.4, 0.5) is 0 Å². The molecule has 0 aliphatic rings. The maximum atomic E-state index is 12.3. The molecule has 0 fully saturated rings. The summed E-state index contributed by atoms with van der Waals surface area (Å²) in [5, 5.41) is 5.11. The molecule has 22 heavy (non-hydrogen) atoms. The molecule has 0 amide bonds. The third-order valence-electron chi connectivity index (χ3n) is 3.13. The molecule has 0 unspecified atom stereocenters. The maximum Gasteiger partial charge on any atom is 0.344 e. The first-order valence-electron chi connectivity index (χ1n) is 6.47. The van der Waals surface area contributed by atoms with E-state index in [0.29, 0.717) is 26.9 Å². The summed E-state index contributed by atoms with van der Waals surface area (Å²) in [4.78, 5) is 16.5. The van der Waals surface area contributed by atoms with Crippen LogP contribution in [0.2, 0.25) is 10.0 Å². The van der Waals surface area contributed by atoms with E-state index in [-0.39, 0.29) is 6.61 Å². The van der Waals surface area contributed by atoms with Crippen molar-refractivity contribution in [3.05, 3.63) is 63.5 Å². The molecule has 2 heterocycles. The van der Waals surface area contributed by atoms with Crippen molar-refractivity contribution in [2.45, 2.75) is 13.5 Å². The molecule has 0 N–H and O–H groups in total. The first-order valence-corrected chi connectivity index (χ1v) is 7.23. The molecule has 0 radical (unpaired) electrons. The summed E-state index contributed by atoms with van der Waals surface area (Å²) in [5.74, 6) is -0.475. The normalized spacial score (nSPS) is 10.9. The number of carbonyl (C=O) groups excluding carboxylic acids is 1. The van der Waals surface area contributed by atoms with Crippen LogP contribution < -0.4 is 0 Å². The molecule has 5 nitrogen and oxygen atoms in total. The van der Waals surface area contributed by atoms with Crippen molar-refractivity contribution >= 4 is 34.8 Å². The number of ether oxygens (including phenoxy) is 1. The number of nitrogens with zero attached hydrogens (tertiary/aromatic N) is 3. The minimum absolute atomic E-state index is 0.0966. The second-order valence-electron chi connectivity index (χ2n) is 4.67. The van der Waals surface area contributed by atoms with E-state index in [2.05, 4.69) is 10.1 Å². The van der Waals surface area contributed by atoms with Gasteiger partial charge in [-0.3, -0.25) is 0 Å². The number of halogens is 2. The van der Waals surface area contributed by atoms with Gasteiger partial charge in [0.1, 0.15) is 12.2 Å². The van der Waals surface area contributed by atoms with E-state index >= 15 is 0 Å². The van der Waals surface area contributed by atoms with Crippen molar-refractivity contribution in [2.24, 2.45) is 0 Å². The topological polar surface area (TPSA) is 56.5 Å². The van der Waals surface area contributed by atoms with Crippen LogP contribution in [0.15, 0.2) is 36.7 Å². The van der Waals surface area contributed by atoms with Crippen LogP contribution in [-0.4, -0.2) is 20.6 Å². The van der Waals surface area contributed by atoms with Crippen molar-refractivity contribution in [1.82, 2.24) is 14.6 Å². The highest BCUT2D eigenvalue weighted by molar-refractivity contribution is 6.42. The Kier molecular flexibility index (Phi) is 4.00. The fourth-order valence-electron chi connectivity index (χ4n) is 2.09.